The van der Waals surface area contributed by atoms with E-state index in [4.69, 9.17) is 10.5 Å². The van der Waals surface area contributed by atoms with E-state index in [1.165, 1.54) is 6.20 Å². The van der Waals surface area contributed by atoms with Crippen LogP contribution in [0.5, 0.6) is 0 Å². The fourth-order valence-electron chi connectivity index (χ4n) is 2.95. The first-order valence-corrected chi connectivity index (χ1v) is 6.96. The van der Waals surface area contributed by atoms with E-state index in [1.54, 1.807) is 4.68 Å². The molecule has 0 unspecified atom stereocenters. The van der Waals surface area contributed by atoms with Crippen LogP contribution < -0.4 is 5.73 Å². The molecule has 1 amide bonds. The van der Waals surface area contributed by atoms with E-state index in [-0.39, 0.29) is 17.1 Å². The molecule has 112 valence electrons. The molecule has 6 nitrogen and oxygen atoms in total. The van der Waals surface area contributed by atoms with Crippen molar-refractivity contribution in [3.05, 3.63) is 11.9 Å². The Bertz CT molecular complexity index is 503. The zero-order valence-electron chi connectivity index (χ0n) is 12.9. The van der Waals surface area contributed by atoms with E-state index < -0.39 is 0 Å². The third-order valence-electron chi connectivity index (χ3n) is 3.35. The van der Waals surface area contributed by atoms with E-state index in [2.05, 4.69) is 5.10 Å². The first kappa shape index (κ1) is 14.8. The first-order chi connectivity index (χ1) is 9.15. The van der Waals surface area contributed by atoms with Crippen LogP contribution in [-0.4, -0.2) is 44.9 Å². The van der Waals surface area contributed by atoms with Crippen LogP contribution in [0, 0.1) is 0 Å². The van der Waals surface area contributed by atoms with Crippen molar-refractivity contribution in [2.45, 2.75) is 52.4 Å². The number of carbonyl (C=O) groups excluding carboxylic acids is 1. The maximum Gasteiger partial charge on any atom is 0.274 e. The lowest BCUT2D eigenvalue weighted by Crippen LogP contribution is -2.58. The summed E-state index contributed by atoms with van der Waals surface area (Å²) < 4.78 is 7.64. The van der Waals surface area contributed by atoms with Crippen molar-refractivity contribution in [1.29, 1.82) is 0 Å². The summed E-state index contributed by atoms with van der Waals surface area (Å²) in [5.74, 6) is -0.0775. The van der Waals surface area contributed by atoms with Crippen molar-refractivity contribution in [3.63, 3.8) is 0 Å². The average Bonchev–Trinajstić information content (AvgIpc) is 2.65. The van der Waals surface area contributed by atoms with Crippen molar-refractivity contribution in [2.75, 3.05) is 18.8 Å². The Morgan fingerprint density at radius 2 is 1.90 bits per heavy atom. The molecule has 1 aromatic rings. The van der Waals surface area contributed by atoms with Gasteiger partial charge in [0.05, 0.1) is 23.1 Å². The molecule has 6 heteroatoms. The minimum atomic E-state index is -0.372. The van der Waals surface area contributed by atoms with E-state index >= 15 is 0 Å². The van der Waals surface area contributed by atoms with Crippen LogP contribution in [0.3, 0.4) is 0 Å². The van der Waals surface area contributed by atoms with Gasteiger partial charge in [0.25, 0.3) is 5.91 Å². The lowest BCUT2D eigenvalue weighted by molar-refractivity contribution is -0.171. The maximum atomic E-state index is 12.8. The first-order valence-electron chi connectivity index (χ1n) is 6.96. The molecule has 0 saturated carbocycles. The Labute approximate surface area is 119 Å². The molecule has 0 spiro atoms. The van der Waals surface area contributed by atoms with Crippen molar-refractivity contribution >= 4 is 11.6 Å². The topological polar surface area (TPSA) is 73.4 Å². The number of hydrogen-bond acceptors (Lipinski definition) is 4. The van der Waals surface area contributed by atoms with Gasteiger partial charge in [0.15, 0.2) is 0 Å². The van der Waals surface area contributed by atoms with Crippen LogP contribution in [0.4, 0.5) is 5.69 Å². The number of morpholine rings is 1. The molecule has 0 aromatic carbocycles. The Morgan fingerprint density at radius 3 is 2.40 bits per heavy atom. The molecular weight excluding hydrogens is 256 g/mol. The number of anilines is 1. The molecule has 1 aliphatic heterocycles. The smallest absolute Gasteiger partial charge is 0.274 e. The number of ether oxygens (including phenoxy) is 1. The molecule has 2 heterocycles. The predicted molar refractivity (Wildman–Crippen MR) is 77.5 cm³/mol. The second-order valence-corrected chi connectivity index (χ2v) is 6.55. The molecule has 1 fully saturated rings. The van der Waals surface area contributed by atoms with Crippen LogP contribution in [0.15, 0.2) is 6.20 Å². The summed E-state index contributed by atoms with van der Waals surface area (Å²) in [6.07, 6.45) is 1.54. The van der Waals surface area contributed by atoms with Crippen LogP contribution in [-0.2, 0) is 11.3 Å². The number of hydrogen-bond donors (Lipinski definition) is 1. The highest BCUT2D eigenvalue weighted by Gasteiger charge is 2.41. The van der Waals surface area contributed by atoms with Crippen LogP contribution in [0.25, 0.3) is 0 Å². The molecule has 1 saturated heterocycles. The second kappa shape index (κ2) is 4.77. The fraction of sp³-hybridized carbons (Fsp3) is 0.714. The van der Waals surface area contributed by atoms with Gasteiger partial charge in [-0.3, -0.25) is 9.48 Å². The lowest BCUT2D eigenvalue weighted by Gasteiger charge is -2.47. The molecular formula is C14H24N4O2. The van der Waals surface area contributed by atoms with Gasteiger partial charge in [0, 0.05) is 19.6 Å². The SMILES string of the molecule is CCn1ncc(N)c1C(=O)N1CC(C)(C)OC(C)(C)C1. The van der Waals surface area contributed by atoms with Crippen molar-refractivity contribution < 1.29 is 9.53 Å². The van der Waals surface area contributed by atoms with Gasteiger partial charge in [-0.1, -0.05) is 0 Å². The fourth-order valence-corrected chi connectivity index (χ4v) is 2.95. The van der Waals surface area contributed by atoms with Crippen molar-refractivity contribution in [1.82, 2.24) is 14.7 Å². The van der Waals surface area contributed by atoms with E-state index in [1.807, 2.05) is 39.5 Å². The summed E-state index contributed by atoms with van der Waals surface area (Å²) in [5.41, 5.74) is 6.06. The Morgan fingerprint density at radius 1 is 1.35 bits per heavy atom. The predicted octanol–water partition coefficient (Wildman–Crippen LogP) is 1.51. The van der Waals surface area contributed by atoms with E-state index in [0.29, 0.717) is 31.0 Å². The van der Waals surface area contributed by atoms with Gasteiger partial charge in [-0.2, -0.15) is 5.10 Å². The number of rotatable bonds is 2. The number of carbonyl (C=O) groups is 1. The molecule has 0 radical (unpaired) electrons. The summed E-state index contributed by atoms with van der Waals surface area (Å²) in [6, 6.07) is 0. The van der Waals surface area contributed by atoms with Crippen LogP contribution in [0.2, 0.25) is 0 Å². The molecule has 1 aliphatic rings. The monoisotopic (exact) mass is 280 g/mol. The standard InChI is InChI=1S/C14H24N4O2/c1-6-18-11(10(15)7-16-18)12(19)17-8-13(2,3)20-14(4,5)9-17/h7H,6,8-9,15H2,1-5H3. The van der Waals surface area contributed by atoms with E-state index in [0.717, 1.165) is 0 Å². The Hall–Kier alpha value is -1.56. The number of nitrogens with two attached hydrogens (primary N) is 1. The summed E-state index contributed by atoms with van der Waals surface area (Å²) in [5, 5.41) is 4.14. The summed E-state index contributed by atoms with van der Waals surface area (Å²) in [6.45, 7) is 11.6. The van der Waals surface area contributed by atoms with Gasteiger partial charge in [-0.25, -0.2) is 0 Å². The second-order valence-electron chi connectivity index (χ2n) is 6.55. The summed E-state index contributed by atoms with van der Waals surface area (Å²) in [4.78, 5) is 14.6. The highest BCUT2D eigenvalue weighted by atomic mass is 16.5. The van der Waals surface area contributed by atoms with Crippen LogP contribution in [0.1, 0.15) is 45.1 Å². The number of amides is 1. The lowest BCUT2D eigenvalue weighted by atomic mass is 9.98. The molecule has 0 atom stereocenters. The van der Waals surface area contributed by atoms with Crippen molar-refractivity contribution in [2.24, 2.45) is 0 Å². The van der Waals surface area contributed by atoms with Gasteiger partial charge in [-0.05, 0) is 34.6 Å². The van der Waals surface area contributed by atoms with Gasteiger partial charge >= 0.3 is 0 Å². The molecule has 2 rings (SSSR count). The molecule has 20 heavy (non-hydrogen) atoms. The zero-order chi connectivity index (χ0) is 15.1. The van der Waals surface area contributed by atoms with Gasteiger partial charge < -0.3 is 15.4 Å². The number of nitrogens with zero attached hydrogens (tertiary/aromatic N) is 3. The summed E-state index contributed by atoms with van der Waals surface area (Å²) in [7, 11) is 0. The minimum Gasteiger partial charge on any atom is -0.396 e. The molecule has 0 bridgehead atoms. The number of aryl methyl sites for hydroxylation is 1. The number of aromatic nitrogens is 2. The Kier molecular flexibility index (Phi) is 3.54. The molecule has 2 N–H and O–H groups in total. The van der Waals surface area contributed by atoms with Crippen LogP contribution >= 0.6 is 0 Å². The normalized spacial score (nSPS) is 20.9. The third kappa shape index (κ3) is 2.80. The van der Waals surface area contributed by atoms with E-state index in [9.17, 15) is 4.79 Å². The molecule has 1 aromatic heterocycles. The van der Waals surface area contributed by atoms with Gasteiger partial charge in [0.2, 0.25) is 0 Å². The Balaban J connectivity index is 2.31. The minimum absolute atomic E-state index is 0.0775. The zero-order valence-corrected chi connectivity index (χ0v) is 12.9. The quantitative estimate of drug-likeness (QED) is 0.891. The largest absolute Gasteiger partial charge is 0.396 e. The van der Waals surface area contributed by atoms with Crippen molar-refractivity contribution in [3.8, 4) is 0 Å². The average molecular weight is 280 g/mol. The van der Waals surface area contributed by atoms with Gasteiger partial charge in [-0.15, -0.1) is 0 Å². The highest BCUT2D eigenvalue weighted by molar-refractivity contribution is 5.97. The highest BCUT2D eigenvalue weighted by Crippen LogP contribution is 2.29. The molecule has 0 aliphatic carbocycles. The van der Waals surface area contributed by atoms with Gasteiger partial charge in [0.1, 0.15) is 5.69 Å². The number of nitrogen functional groups attached to an aromatic ring is 1. The maximum absolute atomic E-state index is 12.8. The summed E-state index contributed by atoms with van der Waals surface area (Å²) >= 11 is 0. The third-order valence-corrected chi connectivity index (χ3v) is 3.35.